The van der Waals surface area contributed by atoms with Crippen LogP contribution in [0.25, 0.3) is 22.0 Å². The Morgan fingerprint density at radius 2 is 1.87 bits per heavy atom. The van der Waals surface area contributed by atoms with Gasteiger partial charge in [-0.3, -0.25) is 14.3 Å². The molecule has 4 rings (SSSR count). The van der Waals surface area contributed by atoms with Crippen LogP contribution in [-0.4, -0.2) is 21.0 Å². The van der Waals surface area contributed by atoms with E-state index in [-0.39, 0.29) is 5.82 Å². The van der Waals surface area contributed by atoms with Crippen molar-refractivity contribution in [2.24, 2.45) is 0 Å². The molecular formula is C20H13F3N4O3S. The molecule has 0 aliphatic heterocycles. The SMILES string of the molecule is Cc1nc(-c2ccc(C(F)(F)F)cc2)sc1C(=O)Nc1cccc(-c2noc(=O)[nH]2)c1. The Morgan fingerprint density at radius 3 is 2.52 bits per heavy atom. The summed E-state index contributed by atoms with van der Waals surface area (Å²) in [6.45, 7) is 1.65. The Balaban J connectivity index is 1.55. The molecule has 0 unspecified atom stereocenters. The van der Waals surface area contributed by atoms with Crippen molar-refractivity contribution in [2.75, 3.05) is 5.32 Å². The minimum atomic E-state index is -4.42. The van der Waals surface area contributed by atoms with E-state index >= 15 is 0 Å². The van der Waals surface area contributed by atoms with Crippen LogP contribution in [0, 0.1) is 6.92 Å². The number of hydrogen-bond donors (Lipinski definition) is 2. The molecule has 4 aromatic rings. The smallest absolute Gasteiger partial charge is 0.321 e. The lowest BCUT2D eigenvalue weighted by molar-refractivity contribution is -0.137. The van der Waals surface area contributed by atoms with Crippen molar-refractivity contribution < 1.29 is 22.5 Å². The van der Waals surface area contributed by atoms with E-state index in [4.69, 9.17) is 0 Å². The number of hydrogen-bond acceptors (Lipinski definition) is 6. The lowest BCUT2D eigenvalue weighted by Crippen LogP contribution is -2.11. The van der Waals surface area contributed by atoms with E-state index in [0.717, 1.165) is 23.5 Å². The average molecular weight is 446 g/mol. The fraction of sp³-hybridized carbons (Fsp3) is 0.100. The summed E-state index contributed by atoms with van der Waals surface area (Å²) in [7, 11) is 0. The van der Waals surface area contributed by atoms with E-state index in [1.54, 1.807) is 31.2 Å². The van der Waals surface area contributed by atoms with Gasteiger partial charge in [-0.15, -0.1) is 11.3 Å². The maximum Gasteiger partial charge on any atom is 0.439 e. The average Bonchev–Trinajstić information content (AvgIpc) is 3.33. The van der Waals surface area contributed by atoms with E-state index in [1.807, 2.05) is 0 Å². The highest BCUT2D eigenvalue weighted by molar-refractivity contribution is 7.17. The molecule has 0 atom stereocenters. The third kappa shape index (κ3) is 4.40. The number of halogens is 3. The van der Waals surface area contributed by atoms with Crippen LogP contribution in [-0.2, 0) is 6.18 Å². The Bertz CT molecular complexity index is 1310. The molecule has 11 heteroatoms. The topological polar surface area (TPSA) is 101 Å². The van der Waals surface area contributed by atoms with Crippen LogP contribution in [0.3, 0.4) is 0 Å². The number of amides is 1. The first-order chi connectivity index (χ1) is 14.7. The predicted molar refractivity (Wildman–Crippen MR) is 108 cm³/mol. The minimum absolute atomic E-state index is 0.222. The standard InChI is InChI=1S/C20H13F3N4O3S/c1-10-15(31-18(24-10)11-5-7-13(8-6-11)20(21,22)23)17(28)25-14-4-2-3-12(9-14)16-26-19(29)30-27-16/h2-9H,1H3,(H,25,28)(H,26,27,29). The Kier molecular flexibility index (Phi) is 5.19. The molecule has 2 N–H and O–H groups in total. The van der Waals surface area contributed by atoms with Crippen LogP contribution >= 0.6 is 11.3 Å². The number of carbonyl (C=O) groups is 1. The molecule has 0 spiro atoms. The summed E-state index contributed by atoms with van der Waals surface area (Å²) in [4.78, 5) is 30.9. The normalized spacial score (nSPS) is 11.5. The lowest BCUT2D eigenvalue weighted by Gasteiger charge is -2.06. The summed E-state index contributed by atoms with van der Waals surface area (Å²) in [5, 5.41) is 6.78. The molecule has 158 valence electrons. The number of alkyl halides is 3. The zero-order chi connectivity index (χ0) is 22.2. The van der Waals surface area contributed by atoms with Gasteiger partial charge in [0.1, 0.15) is 9.88 Å². The number of anilines is 1. The third-order valence-corrected chi connectivity index (χ3v) is 5.50. The zero-order valence-corrected chi connectivity index (χ0v) is 16.6. The van der Waals surface area contributed by atoms with E-state index in [1.165, 1.54) is 12.1 Å². The number of rotatable bonds is 4. The van der Waals surface area contributed by atoms with Gasteiger partial charge in [0.2, 0.25) is 0 Å². The minimum Gasteiger partial charge on any atom is -0.321 e. The zero-order valence-electron chi connectivity index (χ0n) is 15.8. The van der Waals surface area contributed by atoms with Crippen LogP contribution in [0.2, 0.25) is 0 Å². The number of carbonyl (C=O) groups excluding carboxylic acids is 1. The van der Waals surface area contributed by atoms with Crippen molar-refractivity contribution in [3.63, 3.8) is 0 Å². The highest BCUT2D eigenvalue weighted by Crippen LogP contribution is 2.33. The molecule has 0 bridgehead atoms. The second-order valence-electron chi connectivity index (χ2n) is 6.49. The number of benzene rings is 2. The van der Waals surface area contributed by atoms with Crippen molar-refractivity contribution in [2.45, 2.75) is 13.1 Å². The van der Waals surface area contributed by atoms with Gasteiger partial charge in [-0.1, -0.05) is 29.4 Å². The molecule has 7 nitrogen and oxygen atoms in total. The van der Waals surface area contributed by atoms with E-state index in [2.05, 4.69) is 25.0 Å². The first kappa shape index (κ1) is 20.5. The summed E-state index contributed by atoms with van der Waals surface area (Å²) in [5.74, 6) is -0.890. The first-order valence-electron chi connectivity index (χ1n) is 8.83. The summed E-state index contributed by atoms with van der Waals surface area (Å²) in [5.41, 5.74) is 1.17. The number of H-pyrrole nitrogens is 1. The molecule has 0 aliphatic rings. The quantitative estimate of drug-likeness (QED) is 0.472. The highest BCUT2D eigenvalue weighted by Gasteiger charge is 2.30. The molecule has 0 aliphatic carbocycles. The number of thiazole rings is 1. The predicted octanol–water partition coefficient (Wildman–Crippen LogP) is 4.73. The second kappa shape index (κ2) is 7.84. The van der Waals surface area contributed by atoms with Gasteiger partial charge in [-0.2, -0.15) is 13.2 Å². The number of aromatic nitrogens is 3. The second-order valence-corrected chi connectivity index (χ2v) is 7.49. The monoisotopic (exact) mass is 446 g/mol. The molecule has 0 saturated carbocycles. The number of nitrogens with one attached hydrogen (secondary N) is 2. The fourth-order valence-electron chi connectivity index (χ4n) is 2.82. The van der Waals surface area contributed by atoms with Gasteiger partial charge < -0.3 is 5.32 Å². The number of aromatic amines is 1. The molecule has 2 heterocycles. The van der Waals surface area contributed by atoms with Crippen molar-refractivity contribution in [1.29, 1.82) is 0 Å². The van der Waals surface area contributed by atoms with E-state index in [9.17, 15) is 22.8 Å². The van der Waals surface area contributed by atoms with Gasteiger partial charge in [-0.25, -0.2) is 9.78 Å². The Morgan fingerprint density at radius 1 is 1.13 bits per heavy atom. The molecule has 2 aromatic heterocycles. The van der Waals surface area contributed by atoms with Crippen LogP contribution in [0.5, 0.6) is 0 Å². The molecule has 2 aromatic carbocycles. The maximum atomic E-state index is 12.7. The van der Waals surface area contributed by atoms with Gasteiger partial charge in [0, 0.05) is 16.8 Å². The van der Waals surface area contributed by atoms with Crippen molar-refractivity contribution in [1.82, 2.24) is 15.1 Å². The van der Waals surface area contributed by atoms with Gasteiger partial charge in [0.15, 0.2) is 5.82 Å². The van der Waals surface area contributed by atoms with E-state index in [0.29, 0.717) is 32.4 Å². The molecular weight excluding hydrogens is 433 g/mol. The van der Waals surface area contributed by atoms with Crippen molar-refractivity contribution in [3.8, 4) is 22.0 Å². The van der Waals surface area contributed by atoms with Crippen LogP contribution in [0.15, 0.2) is 57.8 Å². The van der Waals surface area contributed by atoms with E-state index < -0.39 is 23.4 Å². The summed E-state index contributed by atoms with van der Waals surface area (Å²) in [6, 6.07) is 11.2. The highest BCUT2D eigenvalue weighted by atomic mass is 32.1. The first-order valence-corrected chi connectivity index (χ1v) is 9.65. The third-order valence-electron chi connectivity index (χ3n) is 4.30. The Labute approximate surface area is 176 Å². The van der Waals surface area contributed by atoms with Gasteiger partial charge in [0.05, 0.1) is 11.3 Å². The largest absolute Gasteiger partial charge is 0.439 e. The van der Waals surface area contributed by atoms with Crippen LogP contribution in [0.1, 0.15) is 20.9 Å². The van der Waals surface area contributed by atoms with Gasteiger partial charge in [0.25, 0.3) is 5.91 Å². The number of nitrogens with zero attached hydrogens (tertiary/aromatic N) is 2. The number of aryl methyl sites for hydroxylation is 1. The van der Waals surface area contributed by atoms with Crippen molar-refractivity contribution >= 4 is 22.9 Å². The fourth-order valence-corrected chi connectivity index (χ4v) is 3.79. The van der Waals surface area contributed by atoms with Crippen molar-refractivity contribution in [3.05, 3.63) is 75.2 Å². The van der Waals surface area contributed by atoms with Gasteiger partial charge >= 0.3 is 11.9 Å². The summed E-state index contributed by atoms with van der Waals surface area (Å²) < 4.78 is 42.7. The molecule has 1 amide bonds. The van der Waals surface area contributed by atoms with Crippen LogP contribution in [0.4, 0.5) is 18.9 Å². The molecule has 0 fully saturated rings. The summed E-state index contributed by atoms with van der Waals surface area (Å²) >= 11 is 1.08. The molecule has 0 radical (unpaired) electrons. The molecule has 0 saturated heterocycles. The summed E-state index contributed by atoms with van der Waals surface area (Å²) in [6.07, 6.45) is -4.42. The van der Waals surface area contributed by atoms with Crippen LogP contribution < -0.4 is 11.1 Å². The van der Waals surface area contributed by atoms with Gasteiger partial charge in [-0.05, 0) is 31.2 Å². The maximum absolute atomic E-state index is 12.7. The Hall–Kier alpha value is -3.73. The lowest BCUT2D eigenvalue weighted by atomic mass is 10.1. The molecule has 31 heavy (non-hydrogen) atoms.